The van der Waals surface area contributed by atoms with E-state index in [1.807, 2.05) is 43.0 Å². The molecule has 0 saturated carbocycles. The number of rotatable bonds is 5. The van der Waals surface area contributed by atoms with Gasteiger partial charge in [0.25, 0.3) is 0 Å². The van der Waals surface area contributed by atoms with Crippen LogP contribution in [0.2, 0.25) is 5.02 Å². The lowest BCUT2D eigenvalue weighted by atomic mass is 10.0. The standard InChI is InChI=1S/C16H23ClN2O3/c1-12(13-5-3-4-6-14(13)17)18-15(21)9-19-7-8-22-11-16(19,2)10-20/h3-6,12,20H,7-11H2,1-2H3,(H,18,21). The second-order valence-corrected chi connectivity index (χ2v) is 6.35. The van der Waals surface area contributed by atoms with Crippen LogP contribution in [0.1, 0.15) is 25.5 Å². The number of benzene rings is 1. The topological polar surface area (TPSA) is 61.8 Å². The summed E-state index contributed by atoms with van der Waals surface area (Å²) in [6.07, 6.45) is 0. The predicted octanol–water partition coefficient (Wildman–Crippen LogP) is 1.60. The van der Waals surface area contributed by atoms with Crippen molar-refractivity contribution in [3.05, 3.63) is 34.9 Å². The molecule has 0 spiro atoms. The Labute approximate surface area is 136 Å². The largest absolute Gasteiger partial charge is 0.394 e. The summed E-state index contributed by atoms with van der Waals surface area (Å²) in [4.78, 5) is 14.3. The molecule has 22 heavy (non-hydrogen) atoms. The Bertz CT molecular complexity index is 526. The zero-order valence-corrected chi connectivity index (χ0v) is 13.8. The monoisotopic (exact) mass is 326 g/mol. The number of nitrogens with one attached hydrogen (secondary N) is 1. The first kappa shape index (κ1) is 17.2. The van der Waals surface area contributed by atoms with Crippen LogP contribution in [0.3, 0.4) is 0 Å². The van der Waals surface area contributed by atoms with E-state index in [0.29, 0.717) is 24.8 Å². The molecule has 1 aliphatic heterocycles. The predicted molar refractivity (Wildman–Crippen MR) is 85.9 cm³/mol. The van der Waals surface area contributed by atoms with Gasteiger partial charge in [-0.15, -0.1) is 0 Å². The van der Waals surface area contributed by atoms with Gasteiger partial charge in [0.05, 0.1) is 37.9 Å². The van der Waals surface area contributed by atoms with Crippen molar-refractivity contribution >= 4 is 17.5 Å². The first-order valence-corrected chi connectivity index (χ1v) is 7.81. The van der Waals surface area contributed by atoms with Crippen molar-refractivity contribution in [1.82, 2.24) is 10.2 Å². The minimum atomic E-state index is -0.511. The molecule has 0 radical (unpaired) electrons. The molecule has 5 nitrogen and oxygen atoms in total. The number of hydrogen-bond donors (Lipinski definition) is 2. The molecule has 2 unspecified atom stereocenters. The van der Waals surface area contributed by atoms with Crippen LogP contribution in [-0.2, 0) is 9.53 Å². The van der Waals surface area contributed by atoms with Gasteiger partial charge in [-0.25, -0.2) is 0 Å². The molecule has 2 atom stereocenters. The molecule has 1 saturated heterocycles. The maximum atomic E-state index is 12.3. The molecule has 1 amide bonds. The Morgan fingerprint density at radius 1 is 1.55 bits per heavy atom. The van der Waals surface area contributed by atoms with Crippen LogP contribution >= 0.6 is 11.6 Å². The number of hydrogen-bond acceptors (Lipinski definition) is 4. The Morgan fingerprint density at radius 3 is 2.95 bits per heavy atom. The number of amides is 1. The van der Waals surface area contributed by atoms with E-state index in [0.717, 1.165) is 5.56 Å². The summed E-state index contributed by atoms with van der Waals surface area (Å²) < 4.78 is 5.40. The highest BCUT2D eigenvalue weighted by atomic mass is 35.5. The van der Waals surface area contributed by atoms with Crippen molar-refractivity contribution in [1.29, 1.82) is 0 Å². The highest BCUT2D eigenvalue weighted by molar-refractivity contribution is 6.31. The maximum absolute atomic E-state index is 12.3. The fraction of sp³-hybridized carbons (Fsp3) is 0.562. The van der Waals surface area contributed by atoms with E-state index in [2.05, 4.69) is 5.32 Å². The lowest BCUT2D eigenvalue weighted by Gasteiger charge is -2.43. The number of aliphatic hydroxyl groups is 1. The van der Waals surface area contributed by atoms with Crippen LogP contribution in [0.5, 0.6) is 0 Å². The summed E-state index contributed by atoms with van der Waals surface area (Å²) in [5.74, 6) is -0.0889. The number of halogens is 1. The highest BCUT2D eigenvalue weighted by Crippen LogP contribution is 2.23. The van der Waals surface area contributed by atoms with Gasteiger partial charge in [-0.3, -0.25) is 9.69 Å². The van der Waals surface area contributed by atoms with E-state index in [4.69, 9.17) is 16.3 Å². The van der Waals surface area contributed by atoms with Crippen molar-refractivity contribution in [3.63, 3.8) is 0 Å². The lowest BCUT2D eigenvalue weighted by Crippen LogP contribution is -2.59. The van der Waals surface area contributed by atoms with Crippen LogP contribution in [-0.4, -0.2) is 54.4 Å². The summed E-state index contributed by atoms with van der Waals surface area (Å²) in [6.45, 7) is 5.63. The highest BCUT2D eigenvalue weighted by Gasteiger charge is 2.35. The third-order valence-electron chi connectivity index (χ3n) is 4.11. The fourth-order valence-electron chi connectivity index (χ4n) is 2.61. The summed E-state index contributed by atoms with van der Waals surface area (Å²) in [7, 11) is 0. The van der Waals surface area contributed by atoms with E-state index in [1.165, 1.54) is 0 Å². The van der Waals surface area contributed by atoms with Crippen molar-refractivity contribution in [2.45, 2.75) is 25.4 Å². The molecule has 0 bridgehead atoms. The average molecular weight is 327 g/mol. The first-order chi connectivity index (χ1) is 10.5. The molecule has 6 heteroatoms. The van der Waals surface area contributed by atoms with Crippen LogP contribution in [0, 0.1) is 0 Å². The molecule has 1 aliphatic rings. The normalized spacial score (nSPS) is 24.0. The van der Waals surface area contributed by atoms with Gasteiger partial charge >= 0.3 is 0 Å². The fourth-order valence-corrected chi connectivity index (χ4v) is 2.91. The summed E-state index contributed by atoms with van der Waals surface area (Å²) in [6, 6.07) is 7.31. The van der Waals surface area contributed by atoms with E-state index >= 15 is 0 Å². The average Bonchev–Trinajstić information content (AvgIpc) is 2.50. The smallest absolute Gasteiger partial charge is 0.234 e. The van der Waals surface area contributed by atoms with Gasteiger partial charge in [-0.1, -0.05) is 29.8 Å². The molecule has 1 fully saturated rings. The quantitative estimate of drug-likeness (QED) is 0.863. The molecule has 122 valence electrons. The van der Waals surface area contributed by atoms with Gasteiger partial charge in [-0.2, -0.15) is 0 Å². The Kier molecular flexibility index (Phi) is 5.81. The molecule has 0 aromatic heterocycles. The van der Waals surface area contributed by atoms with Gasteiger partial charge < -0.3 is 15.2 Å². The number of ether oxygens (including phenoxy) is 1. The van der Waals surface area contributed by atoms with Gasteiger partial charge in [-0.05, 0) is 25.5 Å². The van der Waals surface area contributed by atoms with Gasteiger partial charge in [0, 0.05) is 11.6 Å². The number of carbonyl (C=O) groups is 1. The Morgan fingerprint density at radius 2 is 2.27 bits per heavy atom. The van der Waals surface area contributed by atoms with Gasteiger partial charge in [0.15, 0.2) is 0 Å². The van der Waals surface area contributed by atoms with Gasteiger partial charge in [0.2, 0.25) is 5.91 Å². The second-order valence-electron chi connectivity index (χ2n) is 5.94. The van der Waals surface area contributed by atoms with E-state index in [-0.39, 0.29) is 25.1 Å². The van der Waals surface area contributed by atoms with Crippen LogP contribution in [0.15, 0.2) is 24.3 Å². The molecule has 1 aromatic rings. The van der Waals surface area contributed by atoms with Crippen LogP contribution in [0.4, 0.5) is 0 Å². The summed E-state index contributed by atoms with van der Waals surface area (Å²) >= 11 is 6.15. The molecule has 1 aromatic carbocycles. The number of nitrogens with zero attached hydrogens (tertiary/aromatic N) is 1. The minimum Gasteiger partial charge on any atom is -0.394 e. The SMILES string of the molecule is CC(NC(=O)CN1CCOCC1(C)CO)c1ccccc1Cl. The van der Waals surface area contributed by atoms with Crippen molar-refractivity contribution in [3.8, 4) is 0 Å². The third kappa shape index (κ3) is 3.98. The maximum Gasteiger partial charge on any atom is 0.234 e. The molecule has 1 heterocycles. The lowest BCUT2D eigenvalue weighted by molar-refractivity contribution is -0.130. The van der Waals surface area contributed by atoms with Crippen molar-refractivity contribution in [2.75, 3.05) is 32.9 Å². The van der Waals surface area contributed by atoms with E-state index in [9.17, 15) is 9.90 Å². The van der Waals surface area contributed by atoms with Crippen LogP contribution < -0.4 is 5.32 Å². The summed E-state index contributed by atoms with van der Waals surface area (Å²) in [5, 5.41) is 13.2. The van der Waals surface area contributed by atoms with Gasteiger partial charge in [0.1, 0.15) is 0 Å². The first-order valence-electron chi connectivity index (χ1n) is 7.44. The molecule has 2 rings (SSSR count). The molecular formula is C16H23ClN2O3. The Hall–Kier alpha value is -1.14. The number of carbonyl (C=O) groups excluding carboxylic acids is 1. The van der Waals surface area contributed by atoms with Crippen molar-refractivity contribution in [2.24, 2.45) is 0 Å². The summed E-state index contributed by atoms with van der Waals surface area (Å²) in [5.41, 5.74) is 0.382. The zero-order valence-electron chi connectivity index (χ0n) is 13.0. The van der Waals surface area contributed by atoms with E-state index in [1.54, 1.807) is 0 Å². The van der Waals surface area contributed by atoms with Crippen LogP contribution in [0.25, 0.3) is 0 Å². The Balaban J connectivity index is 1.96. The van der Waals surface area contributed by atoms with Crippen molar-refractivity contribution < 1.29 is 14.6 Å². The number of morpholine rings is 1. The minimum absolute atomic E-state index is 0.0413. The number of aliphatic hydroxyl groups excluding tert-OH is 1. The molecule has 0 aliphatic carbocycles. The molecular weight excluding hydrogens is 304 g/mol. The second kappa shape index (κ2) is 7.42. The van der Waals surface area contributed by atoms with E-state index < -0.39 is 5.54 Å². The zero-order chi connectivity index (χ0) is 16.2. The third-order valence-corrected chi connectivity index (χ3v) is 4.45. The molecule has 2 N–H and O–H groups in total.